The van der Waals surface area contributed by atoms with Crippen molar-refractivity contribution in [3.63, 3.8) is 0 Å². The lowest BCUT2D eigenvalue weighted by molar-refractivity contribution is -0.138. The van der Waals surface area contributed by atoms with Gasteiger partial charge in [0.25, 0.3) is 0 Å². The van der Waals surface area contributed by atoms with Gasteiger partial charge in [0.15, 0.2) is 0 Å². The lowest BCUT2D eigenvalue weighted by Gasteiger charge is -2.13. The summed E-state index contributed by atoms with van der Waals surface area (Å²) in [6.07, 6.45) is 3.13. The van der Waals surface area contributed by atoms with E-state index in [1.807, 2.05) is 56.3 Å². The summed E-state index contributed by atoms with van der Waals surface area (Å²) in [5.74, 6) is -0.208. The van der Waals surface area contributed by atoms with Crippen molar-refractivity contribution in [2.24, 2.45) is 0 Å². The molecule has 3 nitrogen and oxygen atoms in total. The average molecular weight is 296 g/mol. The van der Waals surface area contributed by atoms with Crippen molar-refractivity contribution < 1.29 is 14.6 Å². The summed E-state index contributed by atoms with van der Waals surface area (Å²) in [6, 6.07) is 15.1. The van der Waals surface area contributed by atoms with Gasteiger partial charge in [-0.1, -0.05) is 49.4 Å². The van der Waals surface area contributed by atoms with Crippen LogP contribution < -0.4 is 0 Å². The fourth-order valence-electron chi connectivity index (χ4n) is 2.14. The molecule has 0 fully saturated rings. The number of hydrogen-bond acceptors (Lipinski definition) is 3. The Morgan fingerprint density at radius 3 is 2.64 bits per heavy atom. The lowest BCUT2D eigenvalue weighted by Crippen LogP contribution is -2.09. The molecule has 0 saturated heterocycles. The van der Waals surface area contributed by atoms with E-state index in [0.717, 1.165) is 16.7 Å². The molecule has 0 bridgehead atoms. The van der Waals surface area contributed by atoms with E-state index >= 15 is 0 Å². The van der Waals surface area contributed by atoms with Crippen LogP contribution >= 0.6 is 0 Å². The van der Waals surface area contributed by atoms with Gasteiger partial charge < -0.3 is 9.84 Å². The zero-order valence-corrected chi connectivity index (χ0v) is 12.8. The van der Waals surface area contributed by atoms with Crippen LogP contribution in [0.4, 0.5) is 0 Å². The van der Waals surface area contributed by atoms with Gasteiger partial charge in [0.2, 0.25) is 0 Å². The molecule has 0 radical (unpaired) electrons. The number of esters is 1. The minimum absolute atomic E-state index is 0.0605. The third-order valence-electron chi connectivity index (χ3n) is 3.40. The molecular formula is C19H20O3. The van der Waals surface area contributed by atoms with Crippen LogP contribution in [0.2, 0.25) is 0 Å². The molecule has 0 spiro atoms. The molecule has 0 amide bonds. The Hall–Kier alpha value is -2.55. The van der Waals surface area contributed by atoms with Gasteiger partial charge in [-0.15, -0.1) is 0 Å². The third-order valence-corrected chi connectivity index (χ3v) is 3.40. The van der Waals surface area contributed by atoms with E-state index in [4.69, 9.17) is 4.74 Å². The van der Waals surface area contributed by atoms with Crippen molar-refractivity contribution in [1.29, 1.82) is 0 Å². The maximum atomic E-state index is 11.7. The van der Waals surface area contributed by atoms with Crippen LogP contribution in [0.5, 0.6) is 5.75 Å². The fourth-order valence-corrected chi connectivity index (χ4v) is 2.14. The highest BCUT2D eigenvalue weighted by molar-refractivity contribution is 5.87. The maximum absolute atomic E-state index is 11.7. The molecule has 0 aliphatic carbocycles. The maximum Gasteiger partial charge on any atom is 0.330 e. The van der Waals surface area contributed by atoms with E-state index in [1.54, 1.807) is 12.1 Å². The first-order valence-corrected chi connectivity index (χ1v) is 7.25. The van der Waals surface area contributed by atoms with Crippen LogP contribution in [0.25, 0.3) is 6.08 Å². The standard InChI is InChI=1S/C19H20O3/c1-14-8-10-17(18(20)12-14)15(2)13-22-19(21)11-9-16-6-4-3-5-7-16/h3-12,15,20H,13H2,1-2H3. The molecular weight excluding hydrogens is 276 g/mol. The molecule has 1 atom stereocenters. The summed E-state index contributed by atoms with van der Waals surface area (Å²) in [7, 11) is 0. The van der Waals surface area contributed by atoms with E-state index in [2.05, 4.69) is 0 Å². The first-order chi connectivity index (χ1) is 10.6. The van der Waals surface area contributed by atoms with Crippen LogP contribution in [0.15, 0.2) is 54.6 Å². The second-order valence-corrected chi connectivity index (χ2v) is 5.34. The molecule has 0 saturated carbocycles. The number of carbonyl (C=O) groups is 1. The SMILES string of the molecule is Cc1ccc(C(C)COC(=O)C=Cc2ccccc2)c(O)c1. The fraction of sp³-hybridized carbons (Fsp3) is 0.211. The quantitative estimate of drug-likeness (QED) is 0.668. The van der Waals surface area contributed by atoms with Gasteiger partial charge in [0.05, 0.1) is 6.61 Å². The smallest absolute Gasteiger partial charge is 0.330 e. The van der Waals surface area contributed by atoms with E-state index in [0.29, 0.717) is 0 Å². The monoisotopic (exact) mass is 296 g/mol. The van der Waals surface area contributed by atoms with E-state index in [9.17, 15) is 9.90 Å². The number of phenolic OH excluding ortho intramolecular Hbond substituents is 1. The van der Waals surface area contributed by atoms with E-state index in [1.165, 1.54) is 6.08 Å². The largest absolute Gasteiger partial charge is 0.508 e. The number of carbonyl (C=O) groups excluding carboxylic acids is 1. The van der Waals surface area contributed by atoms with Crippen molar-refractivity contribution in [2.75, 3.05) is 6.61 Å². The van der Waals surface area contributed by atoms with Crippen LogP contribution in [0.1, 0.15) is 29.5 Å². The number of phenols is 1. The number of hydrogen-bond donors (Lipinski definition) is 1. The van der Waals surface area contributed by atoms with Gasteiger partial charge in [0, 0.05) is 17.6 Å². The van der Waals surface area contributed by atoms with E-state index in [-0.39, 0.29) is 24.2 Å². The molecule has 22 heavy (non-hydrogen) atoms. The molecule has 0 aliphatic rings. The normalized spacial score (nSPS) is 12.3. The van der Waals surface area contributed by atoms with Crippen molar-refractivity contribution in [3.8, 4) is 5.75 Å². The highest BCUT2D eigenvalue weighted by Crippen LogP contribution is 2.26. The van der Waals surface area contributed by atoms with Gasteiger partial charge in [0.1, 0.15) is 5.75 Å². The van der Waals surface area contributed by atoms with Gasteiger partial charge in [-0.05, 0) is 30.2 Å². The number of aryl methyl sites for hydroxylation is 1. The highest BCUT2D eigenvalue weighted by Gasteiger charge is 2.12. The number of ether oxygens (including phenoxy) is 1. The Morgan fingerprint density at radius 1 is 1.23 bits per heavy atom. The summed E-state index contributed by atoms with van der Waals surface area (Å²) in [5.41, 5.74) is 2.73. The number of benzene rings is 2. The van der Waals surface area contributed by atoms with Gasteiger partial charge in [-0.25, -0.2) is 4.79 Å². The first-order valence-electron chi connectivity index (χ1n) is 7.25. The molecule has 114 valence electrons. The molecule has 3 heteroatoms. The molecule has 1 N–H and O–H groups in total. The third kappa shape index (κ3) is 4.48. The van der Waals surface area contributed by atoms with Gasteiger partial charge in [-0.3, -0.25) is 0 Å². The first kappa shape index (κ1) is 15.8. The average Bonchev–Trinajstić information content (AvgIpc) is 2.51. The highest BCUT2D eigenvalue weighted by atomic mass is 16.5. The second kappa shape index (κ2) is 7.46. The minimum atomic E-state index is -0.387. The second-order valence-electron chi connectivity index (χ2n) is 5.34. The summed E-state index contributed by atoms with van der Waals surface area (Å²) < 4.78 is 5.23. The predicted molar refractivity (Wildman–Crippen MR) is 87.7 cm³/mol. The predicted octanol–water partition coefficient (Wildman–Crippen LogP) is 4.06. The van der Waals surface area contributed by atoms with Crippen LogP contribution in [-0.4, -0.2) is 17.7 Å². The summed E-state index contributed by atoms with van der Waals surface area (Å²) in [6.45, 7) is 4.07. The molecule has 2 aromatic carbocycles. The Balaban J connectivity index is 1.89. The molecule has 0 aromatic heterocycles. The summed E-state index contributed by atoms with van der Waals surface area (Å²) in [5, 5.41) is 9.92. The van der Waals surface area contributed by atoms with Gasteiger partial charge in [-0.2, -0.15) is 0 Å². The topological polar surface area (TPSA) is 46.5 Å². The van der Waals surface area contributed by atoms with Crippen molar-refractivity contribution in [1.82, 2.24) is 0 Å². The number of rotatable bonds is 5. The van der Waals surface area contributed by atoms with Crippen LogP contribution in [-0.2, 0) is 9.53 Å². The zero-order valence-electron chi connectivity index (χ0n) is 12.8. The number of aromatic hydroxyl groups is 1. The Labute approximate surface area is 130 Å². The Bertz CT molecular complexity index is 660. The zero-order chi connectivity index (χ0) is 15.9. The Morgan fingerprint density at radius 2 is 1.95 bits per heavy atom. The van der Waals surface area contributed by atoms with Crippen molar-refractivity contribution >= 4 is 12.0 Å². The summed E-state index contributed by atoms with van der Waals surface area (Å²) >= 11 is 0. The molecule has 0 heterocycles. The Kier molecular flexibility index (Phi) is 5.37. The molecule has 2 aromatic rings. The van der Waals surface area contributed by atoms with Gasteiger partial charge >= 0.3 is 5.97 Å². The van der Waals surface area contributed by atoms with Crippen LogP contribution in [0.3, 0.4) is 0 Å². The summed E-state index contributed by atoms with van der Waals surface area (Å²) in [4.78, 5) is 11.7. The van der Waals surface area contributed by atoms with Crippen molar-refractivity contribution in [2.45, 2.75) is 19.8 Å². The van der Waals surface area contributed by atoms with E-state index < -0.39 is 0 Å². The van der Waals surface area contributed by atoms with Crippen molar-refractivity contribution in [3.05, 3.63) is 71.3 Å². The lowest BCUT2D eigenvalue weighted by atomic mass is 9.99. The molecule has 1 unspecified atom stereocenters. The molecule has 2 rings (SSSR count). The minimum Gasteiger partial charge on any atom is -0.508 e. The molecule has 0 aliphatic heterocycles. The van der Waals surface area contributed by atoms with Crippen LogP contribution in [0, 0.1) is 6.92 Å².